The summed E-state index contributed by atoms with van der Waals surface area (Å²) in [5, 5.41) is 0. The van der Waals surface area contributed by atoms with Gasteiger partial charge in [-0.3, -0.25) is 4.79 Å². The van der Waals surface area contributed by atoms with Gasteiger partial charge in [0.1, 0.15) is 10.3 Å². The lowest BCUT2D eigenvalue weighted by Crippen LogP contribution is -2.24. The molecule has 2 heterocycles. The van der Waals surface area contributed by atoms with Crippen LogP contribution in [0.4, 0.5) is 5.82 Å². The lowest BCUT2D eigenvalue weighted by atomic mass is 10.0. The Bertz CT molecular complexity index is 418. The van der Waals surface area contributed by atoms with Gasteiger partial charge in [0.15, 0.2) is 0 Å². The van der Waals surface area contributed by atoms with E-state index in [0.29, 0.717) is 4.47 Å². The fourth-order valence-corrected chi connectivity index (χ4v) is 2.73. The second-order valence-electron chi connectivity index (χ2n) is 4.26. The minimum Gasteiger partial charge on any atom is -0.355 e. The topological polar surface area (TPSA) is 49.0 Å². The zero-order chi connectivity index (χ0) is 11.5. The second kappa shape index (κ2) is 4.99. The molecule has 16 heavy (non-hydrogen) atoms. The summed E-state index contributed by atoms with van der Waals surface area (Å²) < 4.78 is 0.548. The van der Waals surface area contributed by atoms with Crippen molar-refractivity contribution in [3.05, 3.63) is 21.2 Å². The highest BCUT2D eigenvalue weighted by Crippen LogP contribution is 2.27. The van der Waals surface area contributed by atoms with Crippen molar-refractivity contribution in [1.82, 2.24) is 9.97 Å². The van der Waals surface area contributed by atoms with Gasteiger partial charge < -0.3 is 9.88 Å². The fraction of sp³-hybridized carbons (Fsp3) is 0.636. The predicted molar refractivity (Wildman–Crippen MR) is 67.8 cm³/mol. The number of nitrogens with one attached hydrogen (secondary N) is 1. The van der Waals surface area contributed by atoms with Crippen molar-refractivity contribution in [2.75, 3.05) is 18.0 Å². The van der Waals surface area contributed by atoms with Crippen LogP contribution in [-0.2, 0) is 0 Å². The van der Waals surface area contributed by atoms with Gasteiger partial charge in [0.25, 0.3) is 5.56 Å². The molecule has 88 valence electrons. The van der Waals surface area contributed by atoms with Crippen molar-refractivity contribution in [1.29, 1.82) is 0 Å². The van der Waals surface area contributed by atoms with Crippen molar-refractivity contribution in [2.45, 2.75) is 26.2 Å². The molecule has 1 aliphatic rings. The normalized spacial score (nSPS) is 20.4. The maximum Gasteiger partial charge on any atom is 0.267 e. The Hall–Kier alpha value is -0.840. The van der Waals surface area contributed by atoms with Gasteiger partial charge in [0.2, 0.25) is 0 Å². The van der Waals surface area contributed by atoms with Gasteiger partial charge in [-0.2, -0.15) is 0 Å². The van der Waals surface area contributed by atoms with Crippen molar-refractivity contribution < 1.29 is 0 Å². The predicted octanol–water partition coefficient (Wildman–Crippen LogP) is 2.16. The van der Waals surface area contributed by atoms with Crippen molar-refractivity contribution in [3.63, 3.8) is 0 Å². The summed E-state index contributed by atoms with van der Waals surface area (Å²) >= 11 is 3.30. The van der Waals surface area contributed by atoms with E-state index in [1.807, 2.05) is 0 Å². The quantitative estimate of drug-likeness (QED) is 0.926. The number of H-pyrrole nitrogens is 1. The second-order valence-corrected chi connectivity index (χ2v) is 5.05. The molecule has 1 unspecified atom stereocenters. The maximum atomic E-state index is 11.4. The number of aromatic nitrogens is 2. The number of aromatic amines is 1. The van der Waals surface area contributed by atoms with Crippen LogP contribution in [0.3, 0.4) is 0 Å². The lowest BCUT2D eigenvalue weighted by Gasteiger charge is -2.17. The van der Waals surface area contributed by atoms with E-state index in [9.17, 15) is 4.79 Å². The summed E-state index contributed by atoms with van der Waals surface area (Å²) in [6.45, 7) is 4.23. The monoisotopic (exact) mass is 285 g/mol. The van der Waals surface area contributed by atoms with E-state index in [2.05, 4.69) is 37.7 Å². The summed E-state index contributed by atoms with van der Waals surface area (Å²) in [4.78, 5) is 20.4. The maximum absolute atomic E-state index is 11.4. The number of anilines is 1. The minimum absolute atomic E-state index is 0.107. The van der Waals surface area contributed by atoms with Crippen LogP contribution in [0.2, 0.25) is 0 Å². The third kappa shape index (κ3) is 2.29. The summed E-state index contributed by atoms with van der Waals surface area (Å²) in [7, 11) is 0. The molecule has 0 bridgehead atoms. The zero-order valence-electron chi connectivity index (χ0n) is 9.37. The molecule has 4 nitrogen and oxygen atoms in total. The molecular weight excluding hydrogens is 270 g/mol. The Kier molecular flexibility index (Phi) is 3.63. The van der Waals surface area contributed by atoms with E-state index in [1.54, 1.807) is 0 Å². The Morgan fingerprint density at radius 1 is 1.69 bits per heavy atom. The van der Waals surface area contributed by atoms with Crippen molar-refractivity contribution >= 4 is 21.7 Å². The Morgan fingerprint density at radius 2 is 2.50 bits per heavy atom. The summed E-state index contributed by atoms with van der Waals surface area (Å²) in [6.07, 6.45) is 5.16. The lowest BCUT2D eigenvalue weighted by molar-refractivity contribution is 0.529. The molecule has 1 aromatic rings. The highest BCUT2D eigenvalue weighted by Gasteiger charge is 2.24. The Morgan fingerprint density at radius 3 is 3.25 bits per heavy atom. The molecule has 1 aromatic heterocycles. The zero-order valence-corrected chi connectivity index (χ0v) is 11.0. The number of halogens is 1. The molecule has 0 aromatic carbocycles. The van der Waals surface area contributed by atoms with E-state index in [0.717, 1.165) is 24.8 Å². The van der Waals surface area contributed by atoms with Crippen LogP contribution in [-0.4, -0.2) is 23.1 Å². The Labute approximate surface area is 103 Å². The third-order valence-corrected chi connectivity index (χ3v) is 3.78. The van der Waals surface area contributed by atoms with Gasteiger partial charge in [0, 0.05) is 13.1 Å². The van der Waals surface area contributed by atoms with Crippen LogP contribution in [0.15, 0.2) is 15.6 Å². The number of nitrogens with zero attached hydrogens (tertiary/aromatic N) is 2. The molecule has 0 saturated carbocycles. The molecule has 0 amide bonds. The molecule has 1 fully saturated rings. The van der Waals surface area contributed by atoms with Crippen molar-refractivity contribution in [2.24, 2.45) is 5.92 Å². The van der Waals surface area contributed by atoms with E-state index in [1.165, 1.54) is 25.6 Å². The van der Waals surface area contributed by atoms with Crippen LogP contribution in [0.5, 0.6) is 0 Å². The van der Waals surface area contributed by atoms with Crippen molar-refractivity contribution in [3.8, 4) is 0 Å². The van der Waals surface area contributed by atoms with Crippen LogP contribution in [0.25, 0.3) is 0 Å². The molecule has 2 rings (SSSR count). The fourth-order valence-electron chi connectivity index (χ4n) is 2.26. The summed E-state index contributed by atoms with van der Waals surface area (Å²) in [6, 6.07) is 0. The Balaban J connectivity index is 2.14. The van der Waals surface area contributed by atoms with E-state index in [-0.39, 0.29) is 5.56 Å². The average Bonchev–Trinajstić information content (AvgIpc) is 2.71. The number of hydrogen-bond acceptors (Lipinski definition) is 3. The molecule has 0 spiro atoms. The first-order chi connectivity index (χ1) is 7.72. The first-order valence-corrected chi connectivity index (χ1v) is 6.49. The van der Waals surface area contributed by atoms with Gasteiger partial charge in [-0.25, -0.2) is 4.98 Å². The van der Waals surface area contributed by atoms with Gasteiger partial charge >= 0.3 is 0 Å². The van der Waals surface area contributed by atoms with E-state index >= 15 is 0 Å². The molecule has 1 saturated heterocycles. The molecule has 0 aliphatic carbocycles. The van der Waals surface area contributed by atoms with Gasteiger partial charge in [0.05, 0.1) is 6.33 Å². The molecule has 1 aliphatic heterocycles. The first kappa shape index (κ1) is 11.6. The molecular formula is C11H16BrN3O. The van der Waals surface area contributed by atoms with E-state index in [4.69, 9.17) is 0 Å². The molecule has 0 radical (unpaired) electrons. The van der Waals surface area contributed by atoms with Crippen LogP contribution >= 0.6 is 15.9 Å². The van der Waals surface area contributed by atoms with Gasteiger partial charge in [-0.1, -0.05) is 13.3 Å². The minimum atomic E-state index is -0.107. The third-order valence-electron chi connectivity index (χ3n) is 3.06. The summed E-state index contributed by atoms with van der Waals surface area (Å²) in [5.41, 5.74) is -0.107. The van der Waals surface area contributed by atoms with Crippen LogP contribution < -0.4 is 10.5 Å². The smallest absolute Gasteiger partial charge is 0.267 e. The molecule has 1 N–H and O–H groups in total. The molecule has 1 atom stereocenters. The van der Waals surface area contributed by atoms with Crippen LogP contribution in [0.1, 0.15) is 26.2 Å². The number of rotatable bonds is 3. The highest BCUT2D eigenvalue weighted by atomic mass is 79.9. The highest BCUT2D eigenvalue weighted by molar-refractivity contribution is 9.10. The standard InChI is InChI=1S/C11H16BrN3O/c1-2-3-8-4-5-15(6-8)10-9(12)11(16)14-7-13-10/h7-8H,2-6H2,1H3,(H,13,14,16). The van der Waals surface area contributed by atoms with Gasteiger partial charge in [-0.05, 0) is 34.7 Å². The SMILES string of the molecule is CCCC1CCN(c2nc[nH]c(=O)c2Br)C1. The van der Waals surface area contributed by atoms with Gasteiger partial charge in [-0.15, -0.1) is 0 Å². The molecule has 5 heteroatoms. The first-order valence-electron chi connectivity index (χ1n) is 5.70. The van der Waals surface area contributed by atoms with E-state index < -0.39 is 0 Å². The average molecular weight is 286 g/mol. The van der Waals surface area contributed by atoms with Crippen LogP contribution in [0, 0.1) is 5.92 Å². The summed E-state index contributed by atoms with van der Waals surface area (Å²) in [5.74, 6) is 1.53. The largest absolute Gasteiger partial charge is 0.355 e. The number of hydrogen-bond donors (Lipinski definition) is 1.